The molecule has 1 rings (SSSR count). The fraction of sp³-hybridized carbons (Fsp3) is 0.200. The fourth-order valence-electron chi connectivity index (χ4n) is 1.33. The molecule has 0 atom stereocenters. The van der Waals surface area contributed by atoms with E-state index in [9.17, 15) is 19.7 Å². The number of rotatable bonds is 4. The zero-order valence-electron chi connectivity index (χ0n) is 8.40. The van der Waals surface area contributed by atoms with Crippen molar-refractivity contribution in [3.63, 3.8) is 0 Å². The molecule has 5 nitrogen and oxygen atoms in total. The summed E-state index contributed by atoms with van der Waals surface area (Å²) in [5.74, 6) is -0.356. The minimum absolute atomic E-state index is 0.0219. The molecular weight excluding hydrogens is 278 g/mol. The van der Waals surface area contributed by atoms with Crippen LogP contribution in [0.2, 0.25) is 0 Å². The molecule has 84 valence electrons. The number of hydrogen-bond donors (Lipinski definition) is 0. The molecule has 0 aliphatic heterocycles. The Bertz CT molecular complexity index is 470. The smallest absolute Gasteiger partial charge is 0.273 e. The van der Waals surface area contributed by atoms with Gasteiger partial charge in [0.25, 0.3) is 5.69 Å². The molecule has 1 aromatic rings. The zero-order valence-corrected chi connectivity index (χ0v) is 9.98. The molecule has 0 saturated carbocycles. The average molecular weight is 286 g/mol. The van der Waals surface area contributed by atoms with Crippen LogP contribution >= 0.6 is 15.9 Å². The van der Waals surface area contributed by atoms with Gasteiger partial charge in [-0.25, -0.2) is 0 Å². The molecule has 0 aromatic heterocycles. The summed E-state index contributed by atoms with van der Waals surface area (Å²) in [5, 5.41) is 10.7. The van der Waals surface area contributed by atoms with Crippen molar-refractivity contribution in [1.29, 1.82) is 0 Å². The molecule has 6 heteroatoms. The maximum absolute atomic E-state index is 11.5. The van der Waals surface area contributed by atoms with Gasteiger partial charge in [-0.2, -0.15) is 0 Å². The summed E-state index contributed by atoms with van der Waals surface area (Å²) >= 11 is 2.96. The minimum Gasteiger partial charge on any atom is -0.298 e. The van der Waals surface area contributed by atoms with E-state index in [0.717, 1.165) is 6.07 Å². The van der Waals surface area contributed by atoms with Crippen LogP contribution in [-0.4, -0.2) is 22.3 Å². The minimum atomic E-state index is -0.574. The van der Waals surface area contributed by atoms with Gasteiger partial charge in [-0.3, -0.25) is 19.7 Å². The fourth-order valence-corrected chi connectivity index (χ4v) is 1.63. The first-order valence-corrected chi connectivity index (χ1v) is 5.46. The molecule has 0 amide bonds. The monoisotopic (exact) mass is 285 g/mol. The van der Waals surface area contributed by atoms with Crippen LogP contribution < -0.4 is 0 Å². The van der Waals surface area contributed by atoms with Crippen molar-refractivity contribution in [3.05, 3.63) is 38.9 Å². The van der Waals surface area contributed by atoms with Crippen molar-refractivity contribution in [2.75, 3.05) is 5.33 Å². The van der Waals surface area contributed by atoms with Gasteiger partial charge in [0.05, 0.1) is 10.3 Å². The molecule has 16 heavy (non-hydrogen) atoms. The van der Waals surface area contributed by atoms with Crippen molar-refractivity contribution < 1.29 is 14.5 Å². The van der Waals surface area contributed by atoms with Gasteiger partial charge in [-0.05, 0) is 13.0 Å². The lowest BCUT2D eigenvalue weighted by Gasteiger charge is -2.04. The predicted octanol–water partition coefficient (Wildman–Crippen LogP) is 2.29. The van der Waals surface area contributed by atoms with Crippen molar-refractivity contribution in [2.45, 2.75) is 6.92 Å². The molecule has 0 unspecified atom stereocenters. The first kappa shape index (κ1) is 12.5. The van der Waals surface area contributed by atoms with Crippen LogP contribution in [-0.2, 0) is 0 Å². The summed E-state index contributed by atoms with van der Waals surface area (Å²) in [6.45, 7) is 1.52. The standard InChI is InChI=1S/C10H8BrNO4/c1-6-2-7(5-13)8(10(14)4-11)3-9(6)12(15)16/h2-3,5H,4H2,1H3. The third-order valence-electron chi connectivity index (χ3n) is 2.11. The summed E-state index contributed by atoms with van der Waals surface area (Å²) in [6.07, 6.45) is 0.520. The Hall–Kier alpha value is -1.56. The molecule has 0 N–H and O–H groups in total. The molecule has 0 heterocycles. The molecule has 0 aliphatic carbocycles. The number of Topliss-reactive ketones (excluding diaryl/α,β-unsaturated/α-hetero) is 1. The number of nitro benzene ring substituents is 1. The summed E-state index contributed by atoms with van der Waals surface area (Å²) in [4.78, 5) is 32.3. The van der Waals surface area contributed by atoms with E-state index in [2.05, 4.69) is 15.9 Å². The Morgan fingerprint density at radius 3 is 2.62 bits per heavy atom. The number of halogens is 1. The van der Waals surface area contributed by atoms with Gasteiger partial charge in [0.2, 0.25) is 0 Å². The maximum Gasteiger partial charge on any atom is 0.273 e. The van der Waals surface area contributed by atoms with Crippen molar-refractivity contribution in [1.82, 2.24) is 0 Å². The van der Waals surface area contributed by atoms with Crippen molar-refractivity contribution >= 4 is 33.7 Å². The Morgan fingerprint density at radius 2 is 2.19 bits per heavy atom. The van der Waals surface area contributed by atoms with E-state index in [4.69, 9.17) is 0 Å². The van der Waals surface area contributed by atoms with E-state index in [0.29, 0.717) is 11.8 Å². The number of nitro groups is 1. The van der Waals surface area contributed by atoms with Crippen molar-refractivity contribution in [2.24, 2.45) is 0 Å². The third kappa shape index (κ3) is 2.33. The quantitative estimate of drug-likeness (QED) is 0.280. The molecule has 0 fully saturated rings. The second-order valence-electron chi connectivity index (χ2n) is 3.16. The lowest BCUT2D eigenvalue weighted by molar-refractivity contribution is -0.385. The molecule has 0 radical (unpaired) electrons. The van der Waals surface area contributed by atoms with Crippen LogP contribution in [0.4, 0.5) is 5.69 Å². The normalized spacial score (nSPS) is 9.88. The van der Waals surface area contributed by atoms with Gasteiger partial charge < -0.3 is 0 Å². The second kappa shape index (κ2) is 4.98. The highest BCUT2D eigenvalue weighted by atomic mass is 79.9. The van der Waals surface area contributed by atoms with Gasteiger partial charge in [-0.1, -0.05) is 15.9 Å². The number of carbonyl (C=O) groups is 2. The van der Waals surface area contributed by atoms with Crippen LogP contribution in [0, 0.1) is 17.0 Å². The van der Waals surface area contributed by atoms with Crippen LogP contribution in [0.25, 0.3) is 0 Å². The Labute approximate surface area is 99.7 Å². The molecule has 0 saturated heterocycles. The van der Waals surface area contributed by atoms with Crippen LogP contribution in [0.3, 0.4) is 0 Å². The van der Waals surface area contributed by atoms with Crippen LogP contribution in [0.1, 0.15) is 26.3 Å². The number of aldehydes is 1. The summed E-state index contributed by atoms with van der Waals surface area (Å²) in [5.41, 5.74) is 0.449. The van der Waals surface area contributed by atoms with E-state index < -0.39 is 4.92 Å². The van der Waals surface area contributed by atoms with E-state index >= 15 is 0 Å². The SMILES string of the molecule is Cc1cc(C=O)c(C(=O)CBr)cc1[N+](=O)[O-]. The van der Waals surface area contributed by atoms with E-state index in [-0.39, 0.29) is 27.9 Å². The van der Waals surface area contributed by atoms with Crippen LogP contribution in [0.5, 0.6) is 0 Å². The van der Waals surface area contributed by atoms with Crippen molar-refractivity contribution in [3.8, 4) is 0 Å². The maximum atomic E-state index is 11.5. The number of carbonyl (C=O) groups excluding carboxylic acids is 2. The average Bonchev–Trinajstić information content (AvgIpc) is 2.27. The van der Waals surface area contributed by atoms with E-state index in [1.54, 1.807) is 0 Å². The first-order chi connectivity index (χ1) is 7.51. The van der Waals surface area contributed by atoms with Gasteiger partial charge >= 0.3 is 0 Å². The summed E-state index contributed by atoms with van der Waals surface area (Å²) in [6, 6.07) is 2.49. The largest absolute Gasteiger partial charge is 0.298 e. The molecule has 0 bridgehead atoms. The number of hydrogen-bond acceptors (Lipinski definition) is 4. The highest BCUT2D eigenvalue weighted by Crippen LogP contribution is 2.23. The number of alkyl halides is 1. The zero-order chi connectivity index (χ0) is 12.3. The predicted molar refractivity (Wildman–Crippen MR) is 61.3 cm³/mol. The third-order valence-corrected chi connectivity index (χ3v) is 2.62. The number of ketones is 1. The van der Waals surface area contributed by atoms with Gasteiger partial charge in [0, 0.05) is 22.8 Å². The Morgan fingerprint density at radius 1 is 1.56 bits per heavy atom. The van der Waals surface area contributed by atoms with Gasteiger partial charge in [0.1, 0.15) is 0 Å². The highest BCUT2D eigenvalue weighted by Gasteiger charge is 2.18. The van der Waals surface area contributed by atoms with E-state index in [1.807, 2.05) is 0 Å². The summed E-state index contributed by atoms with van der Waals surface area (Å²) in [7, 11) is 0. The number of benzene rings is 1. The topological polar surface area (TPSA) is 77.3 Å². The molecule has 0 aliphatic rings. The Kier molecular flexibility index (Phi) is 3.89. The first-order valence-electron chi connectivity index (χ1n) is 4.34. The molecular formula is C10H8BrNO4. The highest BCUT2D eigenvalue weighted by molar-refractivity contribution is 9.09. The molecule has 1 aromatic carbocycles. The molecule has 0 spiro atoms. The van der Waals surface area contributed by atoms with Gasteiger partial charge in [0.15, 0.2) is 12.1 Å². The van der Waals surface area contributed by atoms with E-state index in [1.165, 1.54) is 13.0 Å². The number of nitrogens with zero attached hydrogens (tertiary/aromatic N) is 1. The second-order valence-corrected chi connectivity index (χ2v) is 3.72. The lowest BCUT2D eigenvalue weighted by Crippen LogP contribution is -2.06. The van der Waals surface area contributed by atoms with Crippen LogP contribution in [0.15, 0.2) is 12.1 Å². The number of aryl methyl sites for hydroxylation is 1. The van der Waals surface area contributed by atoms with Gasteiger partial charge in [-0.15, -0.1) is 0 Å². The Balaban J connectivity index is 3.46. The summed E-state index contributed by atoms with van der Waals surface area (Å²) < 4.78 is 0. The lowest BCUT2D eigenvalue weighted by atomic mass is 10.0.